The zero-order valence-corrected chi connectivity index (χ0v) is 19.4. The van der Waals surface area contributed by atoms with Gasteiger partial charge in [0.1, 0.15) is 0 Å². The molecule has 0 aliphatic carbocycles. The van der Waals surface area contributed by atoms with Crippen LogP contribution in [0, 0.1) is 6.92 Å². The molecule has 6 nitrogen and oxygen atoms in total. The van der Waals surface area contributed by atoms with Crippen molar-refractivity contribution in [3.8, 4) is 11.5 Å². The first-order chi connectivity index (χ1) is 15.5. The van der Waals surface area contributed by atoms with E-state index in [0.29, 0.717) is 28.7 Å². The molecule has 1 aromatic heterocycles. The predicted octanol–water partition coefficient (Wildman–Crippen LogP) is 4.28. The topological polar surface area (TPSA) is 66.6 Å². The van der Waals surface area contributed by atoms with Crippen molar-refractivity contribution in [2.45, 2.75) is 39.7 Å². The first kappa shape index (κ1) is 22.1. The van der Waals surface area contributed by atoms with Crippen molar-refractivity contribution in [3.63, 3.8) is 0 Å². The van der Waals surface area contributed by atoms with Crippen LogP contribution in [0.15, 0.2) is 47.3 Å². The molecule has 0 amide bonds. The molecule has 0 radical (unpaired) electrons. The lowest BCUT2D eigenvalue weighted by atomic mass is 10.1. The Morgan fingerprint density at radius 2 is 2.00 bits per heavy atom. The third-order valence-corrected chi connectivity index (χ3v) is 6.02. The number of thiocarbonyl (C=S) groups is 1. The fraction of sp³-hybridized carbons (Fsp3) is 0.360. The Morgan fingerprint density at radius 1 is 1.19 bits per heavy atom. The Hall–Kier alpha value is -3.06. The standard InChI is InChI=1S/C25H29N3O3S/c1-3-4-9-26-25(32)28(10-8-18-7-5-6-17(2)11-18)15-20-12-19-13-22-23(31-16-30-22)14-21(19)27-24(20)29/h5-7,11-14H,3-4,8-10,15-16H2,1-2H3,(H,26,32)(H,27,29). The lowest BCUT2D eigenvalue weighted by molar-refractivity contribution is 0.174. The van der Waals surface area contributed by atoms with Gasteiger partial charge in [-0.25, -0.2) is 0 Å². The number of unbranched alkanes of at least 4 members (excludes halogenated alkanes) is 1. The molecule has 0 spiro atoms. The van der Waals surface area contributed by atoms with E-state index in [1.54, 1.807) is 0 Å². The number of benzene rings is 2. The number of aromatic nitrogens is 1. The van der Waals surface area contributed by atoms with Gasteiger partial charge < -0.3 is 24.7 Å². The predicted molar refractivity (Wildman–Crippen MR) is 131 cm³/mol. The van der Waals surface area contributed by atoms with Crippen LogP contribution in [-0.4, -0.2) is 34.9 Å². The van der Waals surface area contributed by atoms with Gasteiger partial charge in [0.05, 0.1) is 12.1 Å². The van der Waals surface area contributed by atoms with Crippen LogP contribution in [0.5, 0.6) is 11.5 Å². The fourth-order valence-electron chi connectivity index (χ4n) is 3.83. The van der Waals surface area contributed by atoms with Crippen molar-refractivity contribution >= 4 is 28.2 Å². The largest absolute Gasteiger partial charge is 0.454 e. The van der Waals surface area contributed by atoms with Crippen LogP contribution < -0.4 is 20.3 Å². The third kappa shape index (κ3) is 5.22. The zero-order valence-electron chi connectivity index (χ0n) is 18.6. The van der Waals surface area contributed by atoms with E-state index in [1.165, 1.54) is 11.1 Å². The number of ether oxygens (including phenoxy) is 2. The Kier molecular flexibility index (Phi) is 6.95. The second kappa shape index (κ2) is 10.0. The Labute approximate surface area is 193 Å². The lowest BCUT2D eigenvalue weighted by Gasteiger charge is -2.26. The highest BCUT2D eigenvalue weighted by Crippen LogP contribution is 2.35. The van der Waals surface area contributed by atoms with E-state index < -0.39 is 0 Å². The summed E-state index contributed by atoms with van der Waals surface area (Å²) in [6, 6.07) is 14.1. The number of pyridine rings is 1. The second-order valence-electron chi connectivity index (χ2n) is 8.16. The number of H-pyrrole nitrogens is 1. The summed E-state index contributed by atoms with van der Waals surface area (Å²) in [6.07, 6.45) is 3.00. The highest BCUT2D eigenvalue weighted by molar-refractivity contribution is 7.80. The van der Waals surface area contributed by atoms with Crippen molar-refractivity contribution in [1.82, 2.24) is 15.2 Å². The summed E-state index contributed by atoms with van der Waals surface area (Å²) >= 11 is 5.70. The van der Waals surface area contributed by atoms with E-state index in [0.717, 1.165) is 43.3 Å². The molecule has 2 heterocycles. The molecule has 0 saturated carbocycles. The first-order valence-corrected chi connectivity index (χ1v) is 11.5. The average molecular weight is 452 g/mol. The minimum absolute atomic E-state index is 0.117. The van der Waals surface area contributed by atoms with Gasteiger partial charge >= 0.3 is 0 Å². The van der Waals surface area contributed by atoms with Gasteiger partial charge in [-0.2, -0.15) is 0 Å². The number of hydrogen-bond acceptors (Lipinski definition) is 4. The minimum Gasteiger partial charge on any atom is -0.454 e. The molecule has 0 atom stereocenters. The minimum atomic E-state index is -0.117. The molecule has 1 aliphatic rings. The Bertz CT molecular complexity index is 1170. The monoisotopic (exact) mass is 451 g/mol. The smallest absolute Gasteiger partial charge is 0.253 e. The van der Waals surface area contributed by atoms with Gasteiger partial charge in [-0.3, -0.25) is 4.79 Å². The maximum atomic E-state index is 12.9. The maximum absolute atomic E-state index is 12.9. The average Bonchev–Trinajstić information content (AvgIpc) is 3.22. The van der Waals surface area contributed by atoms with E-state index in [2.05, 4.69) is 53.3 Å². The van der Waals surface area contributed by atoms with Crippen LogP contribution in [0.25, 0.3) is 10.9 Å². The molecule has 0 saturated heterocycles. The van der Waals surface area contributed by atoms with Crippen molar-refractivity contribution in [3.05, 3.63) is 69.5 Å². The molecule has 7 heteroatoms. The highest BCUT2D eigenvalue weighted by Gasteiger charge is 2.17. The molecular formula is C25H29N3O3S. The molecule has 0 fully saturated rings. The number of aryl methyl sites for hydroxylation is 1. The second-order valence-corrected chi connectivity index (χ2v) is 8.55. The molecule has 32 heavy (non-hydrogen) atoms. The van der Waals surface area contributed by atoms with Crippen LogP contribution in [0.3, 0.4) is 0 Å². The Balaban J connectivity index is 1.56. The fourth-order valence-corrected chi connectivity index (χ4v) is 4.09. The van der Waals surface area contributed by atoms with Gasteiger partial charge in [-0.05, 0) is 49.7 Å². The van der Waals surface area contributed by atoms with Crippen molar-refractivity contribution in [2.24, 2.45) is 0 Å². The van der Waals surface area contributed by atoms with E-state index in [-0.39, 0.29) is 12.4 Å². The SMILES string of the molecule is CCCCNC(=S)N(CCc1cccc(C)c1)Cc1cc2cc3c(cc2[nH]c1=O)OCO3. The van der Waals surface area contributed by atoms with Crippen LogP contribution in [0.1, 0.15) is 36.5 Å². The van der Waals surface area contributed by atoms with Gasteiger partial charge in [0.2, 0.25) is 6.79 Å². The number of aromatic amines is 1. The summed E-state index contributed by atoms with van der Waals surface area (Å²) in [5.74, 6) is 1.35. The van der Waals surface area contributed by atoms with Crippen LogP contribution in [0.4, 0.5) is 0 Å². The van der Waals surface area contributed by atoms with Gasteiger partial charge in [-0.1, -0.05) is 43.2 Å². The number of hydrogen-bond donors (Lipinski definition) is 2. The first-order valence-electron chi connectivity index (χ1n) is 11.1. The molecule has 0 unspecified atom stereocenters. The lowest BCUT2D eigenvalue weighted by Crippen LogP contribution is -2.41. The van der Waals surface area contributed by atoms with E-state index >= 15 is 0 Å². The van der Waals surface area contributed by atoms with E-state index in [1.807, 2.05) is 18.2 Å². The molecule has 0 bridgehead atoms. The number of nitrogens with zero attached hydrogens (tertiary/aromatic N) is 1. The summed E-state index contributed by atoms with van der Waals surface area (Å²) in [7, 11) is 0. The maximum Gasteiger partial charge on any atom is 0.253 e. The van der Waals surface area contributed by atoms with Crippen molar-refractivity contribution in [1.29, 1.82) is 0 Å². The number of fused-ring (bicyclic) bond motifs is 2. The summed E-state index contributed by atoms with van der Waals surface area (Å²) < 4.78 is 10.9. The highest BCUT2D eigenvalue weighted by atomic mass is 32.1. The summed E-state index contributed by atoms with van der Waals surface area (Å²) in [4.78, 5) is 17.9. The molecular weight excluding hydrogens is 422 g/mol. The molecule has 2 N–H and O–H groups in total. The molecule has 3 aromatic rings. The van der Waals surface area contributed by atoms with Crippen molar-refractivity contribution < 1.29 is 9.47 Å². The van der Waals surface area contributed by atoms with Gasteiger partial charge in [0.25, 0.3) is 5.56 Å². The molecule has 4 rings (SSSR count). The molecule has 2 aromatic carbocycles. The van der Waals surface area contributed by atoms with E-state index in [4.69, 9.17) is 21.7 Å². The van der Waals surface area contributed by atoms with Crippen molar-refractivity contribution in [2.75, 3.05) is 19.9 Å². The quantitative estimate of drug-likeness (QED) is 0.394. The zero-order chi connectivity index (χ0) is 22.5. The van der Waals surface area contributed by atoms with Crippen LogP contribution >= 0.6 is 12.2 Å². The summed E-state index contributed by atoms with van der Waals surface area (Å²) in [5.41, 5.74) is 3.78. The Morgan fingerprint density at radius 3 is 2.78 bits per heavy atom. The normalized spacial score (nSPS) is 12.2. The molecule has 168 valence electrons. The summed E-state index contributed by atoms with van der Waals surface area (Å²) in [6.45, 7) is 6.43. The van der Waals surface area contributed by atoms with E-state index in [9.17, 15) is 4.79 Å². The molecule has 1 aliphatic heterocycles. The van der Waals surface area contributed by atoms with Gasteiger partial charge in [0, 0.05) is 30.1 Å². The number of nitrogens with one attached hydrogen (secondary N) is 2. The number of rotatable bonds is 8. The van der Waals surface area contributed by atoms with Crippen LogP contribution in [-0.2, 0) is 13.0 Å². The van der Waals surface area contributed by atoms with Crippen LogP contribution in [0.2, 0.25) is 0 Å². The van der Waals surface area contributed by atoms with Gasteiger partial charge in [-0.15, -0.1) is 0 Å². The van der Waals surface area contributed by atoms with Gasteiger partial charge in [0.15, 0.2) is 16.6 Å². The third-order valence-electron chi connectivity index (χ3n) is 5.62. The summed E-state index contributed by atoms with van der Waals surface area (Å²) in [5, 5.41) is 4.94.